The standard InChI is InChI=1S/C16H21N5O/c1-10(2)14-13(15(17)21(19-14)8-9-22)16-18-11-6-4-5-7-12(11)20(16)3/h4-7,10,22H,8-9,17H2,1-3H3. The molecule has 0 aliphatic carbocycles. The molecule has 22 heavy (non-hydrogen) atoms. The summed E-state index contributed by atoms with van der Waals surface area (Å²) in [4.78, 5) is 4.73. The average molecular weight is 299 g/mol. The van der Waals surface area contributed by atoms with Crippen LogP contribution in [0.4, 0.5) is 5.82 Å². The van der Waals surface area contributed by atoms with Crippen LogP contribution in [-0.4, -0.2) is 31.0 Å². The molecule has 2 heterocycles. The minimum absolute atomic E-state index is 0.00535. The van der Waals surface area contributed by atoms with Gasteiger partial charge in [0.1, 0.15) is 11.6 Å². The lowest BCUT2D eigenvalue weighted by Crippen LogP contribution is -2.08. The van der Waals surface area contributed by atoms with Gasteiger partial charge in [-0.1, -0.05) is 26.0 Å². The van der Waals surface area contributed by atoms with E-state index in [9.17, 15) is 5.11 Å². The van der Waals surface area contributed by atoms with E-state index < -0.39 is 0 Å². The van der Waals surface area contributed by atoms with Crippen molar-refractivity contribution in [2.75, 3.05) is 12.3 Å². The quantitative estimate of drug-likeness (QED) is 0.773. The molecule has 0 aliphatic heterocycles. The number of nitrogens with zero attached hydrogens (tertiary/aromatic N) is 4. The second kappa shape index (κ2) is 5.46. The molecule has 3 rings (SSSR count). The van der Waals surface area contributed by atoms with Gasteiger partial charge < -0.3 is 15.4 Å². The first-order valence-corrected chi connectivity index (χ1v) is 7.43. The van der Waals surface area contributed by atoms with Gasteiger partial charge in [-0.2, -0.15) is 5.10 Å². The largest absolute Gasteiger partial charge is 0.394 e. The fourth-order valence-electron chi connectivity index (χ4n) is 2.76. The Labute approximate surface area is 129 Å². The summed E-state index contributed by atoms with van der Waals surface area (Å²) in [6.07, 6.45) is 0. The number of nitrogens with two attached hydrogens (primary N) is 1. The van der Waals surface area contributed by atoms with Crippen LogP contribution in [-0.2, 0) is 13.6 Å². The first-order valence-electron chi connectivity index (χ1n) is 7.43. The second-order valence-electron chi connectivity index (χ2n) is 5.73. The number of nitrogen functional groups attached to an aromatic ring is 1. The number of benzene rings is 1. The Morgan fingerprint density at radius 2 is 2.00 bits per heavy atom. The van der Waals surface area contributed by atoms with Gasteiger partial charge in [-0.05, 0) is 18.1 Å². The molecular formula is C16H21N5O. The minimum atomic E-state index is 0.00535. The molecule has 116 valence electrons. The zero-order valence-electron chi connectivity index (χ0n) is 13.1. The Balaban J connectivity index is 2.27. The highest BCUT2D eigenvalue weighted by molar-refractivity contribution is 5.83. The van der Waals surface area contributed by atoms with Crippen molar-refractivity contribution in [2.45, 2.75) is 26.3 Å². The summed E-state index contributed by atoms with van der Waals surface area (Å²) in [5.74, 6) is 1.58. The number of anilines is 1. The van der Waals surface area contributed by atoms with Crippen LogP contribution in [0.1, 0.15) is 25.5 Å². The molecule has 0 unspecified atom stereocenters. The maximum absolute atomic E-state index is 9.19. The van der Waals surface area contributed by atoms with Crippen LogP contribution in [0, 0.1) is 0 Å². The number of fused-ring (bicyclic) bond motifs is 1. The third-order valence-corrected chi connectivity index (χ3v) is 3.89. The number of hydrogen-bond acceptors (Lipinski definition) is 4. The highest BCUT2D eigenvalue weighted by atomic mass is 16.3. The SMILES string of the molecule is CC(C)c1nn(CCO)c(N)c1-c1nc2ccccc2n1C. The van der Waals surface area contributed by atoms with Gasteiger partial charge in [0.05, 0.1) is 35.4 Å². The number of aliphatic hydroxyl groups is 1. The number of aryl methyl sites for hydroxylation is 1. The van der Waals surface area contributed by atoms with Crippen molar-refractivity contribution in [3.63, 3.8) is 0 Å². The van der Waals surface area contributed by atoms with E-state index in [4.69, 9.17) is 10.7 Å². The van der Waals surface area contributed by atoms with Gasteiger partial charge >= 0.3 is 0 Å². The summed E-state index contributed by atoms with van der Waals surface area (Å²) < 4.78 is 3.70. The molecule has 0 fully saturated rings. The Morgan fingerprint density at radius 3 is 2.64 bits per heavy atom. The monoisotopic (exact) mass is 299 g/mol. The smallest absolute Gasteiger partial charge is 0.146 e. The number of rotatable bonds is 4. The van der Waals surface area contributed by atoms with E-state index in [-0.39, 0.29) is 12.5 Å². The molecule has 3 N–H and O–H groups in total. The molecule has 2 aromatic heterocycles. The molecule has 0 saturated heterocycles. The fourth-order valence-corrected chi connectivity index (χ4v) is 2.76. The van der Waals surface area contributed by atoms with E-state index in [2.05, 4.69) is 18.9 Å². The summed E-state index contributed by atoms with van der Waals surface area (Å²) in [6, 6.07) is 7.99. The molecule has 0 aliphatic rings. The molecule has 0 radical (unpaired) electrons. The van der Waals surface area contributed by atoms with Crippen molar-refractivity contribution in [1.29, 1.82) is 0 Å². The van der Waals surface area contributed by atoms with Crippen LogP contribution in [0.25, 0.3) is 22.4 Å². The van der Waals surface area contributed by atoms with Crippen LogP contribution < -0.4 is 5.73 Å². The fraction of sp³-hybridized carbons (Fsp3) is 0.375. The maximum Gasteiger partial charge on any atom is 0.146 e. The van der Waals surface area contributed by atoms with Crippen LogP contribution in [0.5, 0.6) is 0 Å². The normalized spacial score (nSPS) is 11.7. The lowest BCUT2D eigenvalue weighted by molar-refractivity contribution is 0.270. The molecule has 0 amide bonds. The van der Waals surface area contributed by atoms with Crippen molar-refractivity contribution >= 4 is 16.9 Å². The zero-order valence-corrected chi connectivity index (χ0v) is 13.1. The van der Waals surface area contributed by atoms with E-state index in [1.54, 1.807) is 4.68 Å². The molecule has 0 bridgehead atoms. The summed E-state index contributed by atoms with van der Waals surface area (Å²) in [7, 11) is 1.98. The number of aliphatic hydroxyl groups excluding tert-OH is 1. The Hall–Kier alpha value is -2.34. The van der Waals surface area contributed by atoms with Crippen LogP contribution in [0.3, 0.4) is 0 Å². The highest BCUT2D eigenvalue weighted by Gasteiger charge is 2.23. The predicted octanol–water partition coefficient (Wildman–Crippen LogP) is 2.13. The van der Waals surface area contributed by atoms with Crippen molar-refractivity contribution < 1.29 is 5.11 Å². The molecule has 0 atom stereocenters. The second-order valence-corrected chi connectivity index (χ2v) is 5.73. The van der Waals surface area contributed by atoms with Crippen molar-refractivity contribution in [3.8, 4) is 11.4 Å². The van der Waals surface area contributed by atoms with Crippen LogP contribution in [0.2, 0.25) is 0 Å². The number of para-hydroxylation sites is 2. The molecule has 6 nitrogen and oxygen atoms in total. The number of hydrogen-bond donors (Lipinski definition) is 2. The summed E-state index contributed by atoms with van der Waals surface area (Å²) >= 11 is 0. The highest BCUT2D eigenvalue weighted by Crippen LogP contribution is 2.34. The number of imidazole rings is 1. The average Bonchev–Trinajstić information content (AvgIpc) is 2.99. The van der Waals surface area contributed by atoms with Crippen LogP contribution >= 0.6 is 0 Å². The van der Waals surface area contributed by atoms with Crippen molar-refractivity contribution in [3.05, 3.63) is 30.0 Å². The van der Waals surface area contributed by atoms with E-state index in [0.29, 0.717) is 12.4 Å². The predicted molar refractivity (Wildman–Crippen MR) is 87.5 cm³/mol. The maximum atomic E-state index is 9.19. The topological polar surface area (TPSA) is 81.9 Å². The zero-order chi connectivity index (χ0) is 15.9. The van der Waals surface area contributed by atoms with E-state index >= 15 is 0 Å². The third-order valence-electron chi connectivity index (χ3n) is 3.89. The molecular weight excluding hydrogens is 278 g/mol. The van der Waals surface area contributed by atoms with Gasteiger partial charge in [0.15, 0.2) is 0 Å². The molecule has 3 aromatic rings. The van der Waals surface area contributed by atoms with E-state index in [1.165, 1.54) is 0 Å². The summed E-state index contributed by atoms with van der Waals surface area (Å²) in [6.45, 7) is 4.55. The molecule has 1 aromatic carbocycles. The van der Waals surface area contributed by atoms with Gasteiger partial charge in [-0.25, -0.2) is 9.67 Å². The summed E-state index contributed by atoms with van der Waals surface area (Å²) in [5, 5.41) is 13.8. The first-order chi connectivity index (χ1) is 10.5. The van der Waals surface area contributed by atoms with Gasteiger partial charge in [-0.3, -0.25) is 0 Å². The van der Waals surface area contributed by atoms with E-state index in [0.717, 1.165) is 28.1 Å². The lowest BCUT2D eigenvalue weighted by Gasteiger charge is -2.06. The Kier molecular flexibility index (Phi) is 3.62. The number of aromatic nitrogens is 4. The Bertz CT molecular complexity index is 815. The first kappa shape index (κ1) is 14.6. The molecule has 0 spiro atoms. The van der Waals surface area contributed by atoms with Crippen molar-refractivity contribution in [1.82, 2.24) is 19.3 Å². The van der Waals surface area contributed by atoms with Gasteiger partial charge in [0.2, 0.25) is 0 Å². The van der Waals surface area contributed by atoms with Gasteiger partial charge in [0, 0.05) is 7.05 Å². The summed E-state index contributed by atoms with van der Waals surface area (Å²) in [5.41, 5.74) is 10.0. The third kappa shape index (κ3) is 2.16. The minimum Gasteiger partial charge on any atom is -0.394 e. The Morgan fingerprint density at radius 1 is 1.27 bits per heavy atom. The van der Waals surface area contributed by atoms with Crippen molar-refractivity contribution in [2.24, 2.45) is 7.05 Å². The van der Waals surface area contributed by atoms with Gasteiger partial charge in [0.25, 0.3) is 0 Å². The molecule has 0 saturated carbocycles. The molecule has 6 heteroatoms. The van der Waals surface area contributed by atoms with Gasteiger partial charge in [-0.15, -0.1) is 0 Å². The lowest BCUT2D eigenvalue weighted by atomic mass is 10.1. The van der Waals surface area contributed by atoms with Crippen LogP contribution in [0.15, 0.2) is 24.3 Å². The van der Waals surface area contributed by atoms with E-state index in [1.807, 2.05) is 35.9 Å².